The van der Waals surface area contributed by atoms with Gasteiger partial charge in [0.1, 0.15) is 11.5 Å². The maximum Gasteiger partial charge on any atom is 0.251 e. The first-order chi connectivity index (χ1) is 13.2. The minimum Gasteiger partial charge on any atom is -0.497 e. The molecular formula is C22H27NO4. The Labute approximate surface area is 160 Å². The van der Waals surface area contributed by atoms with Crippen LogP contribution >= 0.6 is 0 Å². The molecule has 144 valence electrons. The Morgan fingerprint density at radius 3 is 2.26 bits per heavy atom. The smallest absolute Gasteiger partial charge is 0.251 e. The third kappa shape index (κ3) is 4.61. The first-order valence-electron chi connectivity index (χ1n) is 9.40. The summed E-state index contributed by atoms with van der Waals surface area (Å²) in [5.41, 5.74) is 1.72. The number of carbonyl (C=O) groups is 1. The fraction of sp³-hybridized carbons (Fsp3) is 0.409. The van der Waals surface area contributed by atoms with Gasteiger partial charge in [0.25, 0.3) is 5.91 Å². The van der Waals surface area contributed by atoms with Gasteiger partial charge in [-0.25, -0.2) is 0 Å². The highest BCUT2D eigenvalue weighted by molar-refractivity contribution is 5.94. The van der Waals surface area contributed by atoms with Crippen LogP contribution in [0.25, 0.3) is 0 Å². The molecule has 0 aliphatic carbocycles. The molecule has 0 aromatic heterocycles. The monoisotopic (exact) mass is 369 g/mol. The molecule has 0 saturated carbocycles. The van der Waals surface area contributed by atoms with Crippen LogP contribution in [0, 0.1) is 0 Å². The lowest BCUT2D eigenvalue weighted by Gasteiger charge is -2.38. The molecule has 2 aromatic rings. The SMILES string of the molecule is CCOc1ccc(C(=O)NCC2(c3ccc(OC)cc3)CCOCC2)cc1. The van der Waals surface area contributed by atoms with E-state index < -0.39 is 0 Å². The highest BCUT2D eigenvalue weighted by Gasteiger charge is 2.35. The number of ether oxygens (including phenoxy) is 3. The average Bonchev–Trinajstić information content (AvgIpc) is 2.73. The standard InChI is InChI=1S/C22H27NO4/c1-3-27-20-8-4-17(5-9-20)21(24)23-16-22(12-14-26-15-13-22)18-6-10-19(25-2)11-7-18/h4-11H,3,12-16H2,1-2H3,(H,23,24). The summed E-state index contributed by atoms with van der Waals surface area (Å²) in [4.78, 5) is 12.6. The average molecular weight is 369 g/mol. The van der Waals surface area contributed by atoms with Crippen LogP contribution in [0.1, 0.15) is 35.7 Å². The van der Waals surface area contributed by atoms with Crippen LogP contribution in [-0.4, -0.2) is 39.4 Å². The zero-order chi connectivity index (χ0) is 19.1. The molecule has 1 amide bonds. The Morgan fingerprint density at radius 2 is 1.67 bits per heavy atom. The van der Waals surface area contributed by atoms with Crippen molar-refractivity contribution in [3.8, 4) is 11.5 Å². The van der Waals surface area contributed by atoms with E-state index in [1.165, 1.54) is 5.56 Å². The van der Waals surface area contributed by atoms with Crippen molar-refractivity contribution in [2.45, 2.75) is 25.2 Å². The predicted molar refractivity (Wildman–Crippen MR) is 105 cm³/mol. The van der Waals surface area contributed by atoms with Gasteiger partial charge >= 0.3 is 0 Å². The molecule has 27 heavy (non-hydrogen) atoms. The van der Waals surface area contributed by atoms with Crippen molar-refractivity contribution in [2.75, 3.05) is 33.5 Å². The fourth-order valence-corrected chi connectivity index (χ4v) is 3.49. The lowest BCUT2D eigenvalue weighted by molar-refractivity contribution is 0.0487. The second-order valence-electron chi connectivity index (χ2n) is 6.76. The van der Waals surface area contributed by atoms with Crippen LogP contribution < -0.4 is 14.8 Å². The number of carbonyl (C=O) groups excluding carboxylic acids is 1. The Kier molecular flexibility index (Phi) is 6.35. The number of methoxy groups -OCH3 is 1. The Morgan fingerprint density at radius 1 is 1.04 bits per heavy atom. The minimum absolute atomic E-state index is 0.0718. The van der Waals surface area contributed by atoms with E-state index in [0.717, 1.165) is 24.3 Å². The van der Waals surface area contributed by atoms with Crippen LogP contribution in [0.15, 0.2) is 48.5 Å². The van der Waals surface area contributed by atoms with Crippen molar-refractivity contribution >= 4 is 5.91 Å². The van der Waals surface area contributed by atoms with Crippen molar-refractivity contribution in [3.63, 3.8) is 0 Å². The van der Waals surface area contributed by atoms with Gasteiger partial charge < -0.3 is 19.5 Å². The first-order valence-corrected chi connectivity index (χ1v) is 9.40. The maximum atomic E-state index is 12.6. The summed E-state index contributed by atoms with van der Waals surface area (Å²) in [6, 6.07) is 15.4. The van der Waals surface area contributed by atoms with Gasteiger partial charge in [0.05, 0.1) is 13.7 Å². The van der Waals surface area contributed by atoms with Gasteiger partial charge in [0, 0.05) is 30.7 Å². The summed E-state index contributed by atoms with van der Waals surface area (Å²) in [6.07, 6.45) is 1.76. The molecule has 0 radical (unpaired) electrons. The second kappa shape index (κ2) is 8.91. The van der Waals surface area contributed by atoms with Crippen LogP contribution in [0.5, 0.6) is 11.5 Å². The highest BCUT2D eigenvalue weighted by Crippen LogP contribution is 2.35. The summed E-state index contributed by atoms with van der Waals surface area (Å²) in [7, 11) is 1.66. The van der Waals surface area contributed by atoms with Crippen LogP contribution in [0.3, 0.4) is 0 Å². The number of benzene rings is 2. The first kappa shape index (κ1) is 19.2. The van der Waals surface area contributed by atoms with Crippen molar-refractivity contribution in [1.29, 1.82) is 0 Å². The lowest BCUT2D eigenvalue weighted by Crippen LogP contribution is -2.44. The summed E-state index contributed by atoms with van der Waals surface area (Å²) >= 11 is 0. The van der Waals surface area contributed by atoms with E-state index in [9.17, 15) is 4.79 Å². The summed E-state index contributed by atoms with van der Waals surface area (Å²) in [6.45, 7) is 4.52. The molecule has 3 rings (SSSR count). The number of nitrogens with one attached hydrogen (secondary N) is 1. The molecule has 5 nitrogen and oxygen atoms in total. The Balaban J connectivity index is 1.71. The largest absolute Gasteiger partial charge is 0.497 e. The molecule has 0 unspecified atom stereocenters. The van der Waals surface area contributed by atoms with E-state index in [-0.39, 0.29) is 11.3 Å². The van der Waals surface area contributed by atoms with Gasteiger partial charge in [-0.3, -0.25) is 4.79 Å². The number of hydrogen-bond acceptors (Lipinski definition) is 4. The number of amides is 1. The zero-order valence-corrected chi connectivity index (χ0v) is 16.0. The Bertz CT molecular complexity index is 734. The van der Waals surface area contributed by atoms with Gasteiger partial charge in [-0.1, -0.05) is 12.1 Å². The quantitative estimate of drug-likeness (QED) is 0.811. The molecule has 5 heteroatoms. The summed E-state index contributed by atoms with van der Waals surface area (Å²) in [5.74, 6) is 1.53. The Hall–Kier alpha value is -2.53. The van der Waals surface area contributed by atoms with Gasteiger partial charge in [-0.05, 0) is 61.7 Å². The molecule has 1 aliphatic heterocycles. The third-order valence-corrected chi connectivity index (χ3v) is 5.17. The molecule has 0 spiro atoms. The molecule has 1 heterocycles. The van der Waals surface area contributed by atoms with E-state index in [4.69, 9.17) is 14.2 Å². The van der Waals surface area contributed by atoms with Crippen LogP contribution in [0.4, 0.5) is 0 Å². The van der Waals surface area contributed by atoms with Gasteiger partial charge in [-0.15, -0.1) is 0 Å². The number of rotatable bonds is 7. The summed E-state index contributed by atoms with van der Waals surface area (Å²) in [5, 5.41) is 3.12. The molecule has 0 bridgehead atoms. The molecule has 1 aliphatic rings. The molecule has 1 fully saturated rings. The van der Waals surface area contributed by atoms with Crippen LogP contribution in [0.2, 0.25) is 0 Å². The van der Waals surface area contributed by atoms with E-state index >= 15 is 0 Å². The van der Waals surface area contributed by atoms with Gasteiger partial charge in [0.15, 0.2) is 0 Å². The molecule has 2 aromatic carbocycles. The van der Waals surface area contributed by atoms with Crippen molar-refractivity contribution < 1.29 is 19.0 Å². The van der Waals surface area contributed by atoms with Crippen molar-refractivity contribution in [3.05, 3.63) is 59.7 Å². The van der Waals surface area contributed by atoms with Gasteiger partial charge in [-0.2, -0.15) is 0 Å². The second-order valence-corrected chi connectivity index (χ2v) is 6.76. The minimum atomic E-state index is -0.120. The molecule has 1 saturated heterocycles. The van der Waals surface area contributed by atoms with Crippen molar-refractivity contribution in [2.24, 2.45) is 0 Å². The third-order valence-electron chi connectivity index (χ3n) is 5.17. The van der Waals surface area contributed by atoms with E-state index in [1.807, 2.05) is 31.2 Å². The fourth-order valence-electron chi connectivity index (χ4n) is 3.49. The van der Waals surface area contributed by atoms with Crippen molar-refractivity contribution in [1.82, 2.24) is 5.32 Å². The van der Waals surface area contributed by atoms with Crippen LogP contribution in [-0.2, 0) is 10.2 Å². The van der Waals surface area contributed by atoms with E-state index in [0.29, 0.717) is 31.9 Å². The highest BCUT2D eigenvalue weighted by atomic mass is 16.5. The maximum absolute atomic E-state index is 12.6. The van der Waals surface area contributed by atoms with E-state index in [1.54, 1.807) is 19.2 Å². The van der Waals surface area contributed by atoms with E-state index in [2.05, 4.69) is 17.4 Å². The van der Waals surface area contributed by atoms with Gasteiger partial charge in [0.2, 0.25) is 0 Å². The lowest BCUT2D eigenvalue weighted by atomic mass is 9.74. The zero-order valence-electron chi connectivity index (χ0n) is 16.0. The normalized spacial score (nSPS) is 15.8. The molecule has 1 N–H and O–H groups in total. The molecule has 0 atom stereocenters. The molecular weight excluding hydrogens is 342 g/mol. The predicted octanol–water partition coefficient (Wildman–Crippen LogP) is 3.57. The summed E-state index contributed by atoms with van der Waals surface area (Å²) < 4.78 is 16.3. The number of hydrogen-bond donors (Lipinski definition) is 1. The topological polar surface area (TPSA) is 56.8 Å².